The van der Waals surface area contributed by atoms with E-state index in [0.29, 0.717) is 23.1 Å². The highest BCUT2D eigenvalue weighted by atomic mass is 16.5. The molecule has 0 atom stereocenters. The number of rotatable bonds is 5. The number of esters is 1. The summed E-state index contributed by atoms with van der Waals surface area (Å²) in [7, 11) is 1.34. The number of benzene rings is 1. The lowest BCUT2D eigenvalue weighted by atomic mass is 10.2. The van der Waals surface area contributed by atoms with Crippen LogP contribution < -0.4 is 4.74 Å². The van der Waals surface area contributed by atoms with Gasteiger partial charge in [0.05, 0.1) is 18.9 Å². The lowest BCUT2D eigenvalue weighted by molar-refractivity contribution is 0.0600. The molecule has 0 saturated carbocycles. The second-order valence-electron chi connectivity index (χ2n) is 4.62. The third kappa shape index (κ3) is 3.38. The molecule has 1 heterocycles. The topological polar surface area (TPSA) is 61.6 Å². The summed E-state index contributed by atoms with van der Waals surface area (Å²) in [6, 6.07) is 6.79. The van der Waals surface area contributed by atoms with Crippen molar-refractivity contribution in [2.75, 3.05) is 7.11 Å². The molecule has 0 unspecified atom stereocenters. The van der Waals surface area contributed by atoms with Crippen LogP contribution in [0.15, 0.2) is 34.9 Å². The van der Waals surface area contributed by atoms with Gasteiger partial charge in [-0.05, 0) is 18.2 Å². The van der Waals surface area contributed by atoms with Crippen LogP contribution in [0.2, 0.25) is 0 Å². The summed E-state index contributed by atoms with van der Waals surface area (Å²) in [6.45, 7) is 4.29. The van der Waals surface area contributed by atoms with Crippen molar-refractivity contribution in [1.82, 2.24) is 4.98 Å². The number of hydrogen-bond acceptors (Lipinski definition) is 5. The van der Waals surface area contributed by atoms with E-state index in [1.165, 1.54) is 7.11 Å². The summed E-state index contributed by atoms with van der Waals surface area (Å²) in [5.41, 5.74) is 0.445. The molecule has 0 saturated heterocycles. The van der Waals surface area contributed by atoms with Gasteiger partial charge in [0.2, 0.25) is 5.89 Å². The maximum Gasteiger partial charge on any atom is 0.337 e. The number of aromatic nitrogens is 1. The summed E-state index contributed by atoms with van der Waals surface area (Å²) in [5.74, 6) is 1.80. The van der Waals surface area contributed by atoms with Crippen molar-refractivity contribution in [2.24, 2.45) is 0 Å². The monoisotopic (exact) mass is 275 g/mol. The smallest absolute Gasteiger partial charge is 0.337 e. The molecule has 5 nitrogen and oxygen atoms in total. The fraction of sp³-hybridized carbons (Fsp3) is 0.333. The minimum atomic E-state index is -0.395. The third-order valence-corrected chi connectivity index (χ3v) is 2.76. The van der Waals surface area contributed by atoms with Gasteiger partial charge in [0, 0.05) is 5.92 Å². The zero-order valence-electron chi connectivity index (χ0n) is 11.8. The highest BCUT2D eigenvalue weighted by Crippen LogP contribution is 2.18. The molecule has 0 amide bonds. The van der Waals surface area contributed by atoms with Crippen LogP contribution in [0.4, 0.5) is 0 Å². The van der Waals surface area contributed by atoms with E-state index in [2.05, 4.69) is 9.72 Å². The van der Waals surface area contributed by atoms with Gasteiger partial charge in [-0.3, -0.25) is 0 Å². The average molecular weight is 275 g/mol. The highest BCUT2D eigenvalue weighted by molar-refractivity contribution is 5.89. The molecular weight excluding hydrogens is 258 g/mol. The lowest BCUT2D eigenvalue weighted by Crippen LogP contribution is -2.02. The minimum Gasteiger partial charge on any atom is -0.484 e. The molecule has 20 heavy (non-hydrogen) atoms. The molecule has 0 N–H and O–H groups in total. The first-order chi connectivity index (χ1) is 9.60. The average Bonchev–Trinajstić information content (AvgIpc) is 2.93. The Labute approximate surface area is 117 Å². The maximum absolute atomic E-state index is 11.4. The van der Waals surface area contributed by atoms with Gasteiger partial charge in [0.1, 0.15) is 11.5 Å². The summed E-state index contributed by atoms with van der Waals surface area (Å²) >= 11 is 0. The standard InChI is InChI=1S/C15H17NO4/c1-10(2)13-8-16-14(20-13)9-19-12-6-4-5-11(7-12)15(17)18-3/h4-8,10H,9H2,1-3H3. The van der Waals surface area contributed by atoms with Gasteiger partial charge in [-0.25, -0.2) is 9.78 Å². The van der Waals surface area contributed by atoms with Crippen molar-refractivity contribution >= 4 is 5.97 Å². The minimum absolute atomic E-state index is 0.220. The first-order valence-corrected chi connectivity index (χ1v) is 6.36. The summed E-state index contributed by atoms with van der Waals surface area (Å²) in [4.78, 5) is 15.6. The van der Waals surface area contributed by atoms with E-state index in [9.17, 15) is 4.79 Å². The number of oxazole rings is 1. The van der Waals surface area contributed by atoms with Crippen LogP contribution in [-0.2, 0) is 11.3 Å². The Morgan fingerprint density at radius 3 is 2.85 bits per heavy atom. The van der Waals surface area contributed by atoms with Gasteiger partial charge in [0.15, 0.2) is 6.61 Å². The van der Waals surface area contributed by atoms with Crippen LogP contribution in [0.3, 0.4) is 0 Å². The van der Waals surface area contributed by atoms with Crippen molar-refractivity contribution in [2.45, 2.75) is 26.4 Å². The number of methoxy groups -OCH3 is 1. The van der Waals surface area contributed by atoms with E-state index in [-0.39, 0.29) is 6.61 Å². The van der Waals surface area contributed by atoms with Gasteiger partial charge in [0.25, 0.3) is 0 Å². The molecule has 106 valence electrons. The fourth-order valence-electron chi connectivity index (χ4n) is 1.63. The van der Waals surface area contributed by atoms with Crippen LogP contribution in [0.25, 0.3) is 0 Å². The van der Waals surface area contributed by atoms with E-state index in [0.717, 1.165) is 5.76 Å². The normalized spacial score (nSPS) is 10.6. The Bertz CT molecular complexity index is 589. The van der Waals surface area contributed by atoms with Crippen molar-refractivity contribution in [1.29, 1.82) is 0 Å². The van der Waals surface area contributed by atoms with Crippen molar-refractivity contribution in [3.05, 3.63) is 47.7 Å². The number of nitrogens with zero attached hydrogens (tertiary/aromatic N) is 1. The Morgan fingerprint density at radius 1 is 1.40 bits per heavy atom. The molecule has 0 aliphatic heterocycles. The molecule has 0 fully saturated rings. The van der Waals surface area contributed by atoms with Gasteiger partial charge in [-0.2, -0.15) is 0 Å². The van der Waals surface area contributed by atoms with Crippen LogP contribution >= 0.6 is 0 Å². The molecule has 5 heteroatoms. The SMILES string of the molecule is COC(=O)c1cccc(OCc2ncc(C(C)C)o2)c1. The molecule has 0 bridgehead atoms. The van der Waals surface area contributed by atoms with E-state index >= 15 is 0 Å². The Hall–Kier alpha value is -2.30. The lowest BCUT2D eigenvalue weighted by Gasteiger charge is -2.05. The van der Waals surface area contributed by atoms with Gasteiger partial charge in [-0.1, -0.05) is 19.9 Å². The summed E-state index contributed by atoms with van der Waals surface area (Å²) in [5, 5.41) is 0. The largest absolute Gasteiger partial charge is 0.484 e. The van der Waals surface area contributed by atoms with Gasteiger partial charge >= 0.3 is 5.97 Å². The number of hydrogen-bond donors (Lipinski definition) is 0. The molecule has 1 aromatic heterocycles. The van der Waals surface area contributed by atoms with Gasteiger partial charge in [-0.15, -0.1) is 0 Å². The Morgan fingerprint density at radius 2 is 2.20 bits per heavy atom. The molecule has 0 radical (unpaired) electrons. The third-order valence-electron chi connectivity index (χ3n) is 2.76. The van der Waals surface area contributed by atoms with Crippen molar-refractivity contribution < 1.29 is 18.7 Å². The van der Waals surface area contributed by atoms with E-state index in [1.807, 2.05) is 13.8 Å². The fourth-order valence-corrected chi connectivity index (χ4v) is 1.63. The first kappa shape index (κ1) is 14.1. The molecule has 2 rings (SSSR count). The predicted molar refractivity (Wildman–Crippen MR) is 72.7 cm³/mol. The molecule has 0 spiro atoms. The first-order valence-electron chi connectivity index (χ1n) is 6.36. The quantitative estimate of drug-likeness (QED) is 0.784. The second kappa shape index (κ2) is 6.23. The highest BCUT2D eigenvalue weighted by Gasteiger charge is 2.09. The van der Waals surface area contributed by atoms with Crippen LogP contribution in [0, 0.1) is 0 Å². The molecule has 0 aliphatic rings. The zero-order valence-corrected chi connectivity index (χ0v) is 11.8. The molecular formula is C15H17NO4. The zero-order chi connectivity index (χ0) is 14.5. The molecule has 1 aromatic carbocycles. The Kier molecular flexibility index (Phi) is 4.40. The number of carbonyl (C=O) groups is 1. The summed E-state index contributed by atoms with van der Waals surface area (Å²) < 4.78 is 15.8. The summed E-state index contributed by atoms with van der Waals surface area (Å²) in [6.07, 6.45) is 1.70. The molecule has 0 aliphatic carbocycles. The number of ether oxygens (including phenoxy) is 2. The predicted octanol–water partition coefficient (Wildman–Crippen LogP) is 3.16. The van der Waals surface area contributed by atoms with E-state index in [1.54, 1.807) is 30.5 Å². The Balaban J connectivity index is 2.01. The van der Waals surface area contributed by atoms with Crippen LogP contribution in [-0.4, -0.2) is 18.1 Å². The van der Waals surface area contributed by atoms with Crippen LogP contribution in [0.1, 0.15) is 41.8 Å². The van der Waals surface area contributed by atoms with Gasteiger partial charge < -0.3 is 13.9 Å². The number of carbonyl (C=O) groups excluding carboxylic acids is 1. The van der Waals surface area contributed by atoms with Crippen LogP contribution in [0.5, 0.6) is 5.75 Å². The second-order valence-corrected chi connectivity index (χ2v) is 4.62. The molecule has 2 aromatic rings. The van der Waals surface area contributed by atoms with Crippen molar-refractivity contribution in [3.8, 4) is 5.75 Å². The van der Waals surface area contributed by atoms with E-state index in [4.69, 9.17) is 9.15 Å². The maximum atomic E-state index is 11.4. The van der Waals surface area contributed by atoms with E-state index < -0.39 is 5.97 Å². The van der Waals surface area contributed by atoms with Crippen molar-refractivity contribution in [3.63, 3.8) is 0 Å².